The average molecular weight is 179 g/mol. The van der Waals surface area contributed by atoms with Crippen molar-refractivity contribution in [1.29, 1.82) is 0 Å². The summed E-state index contributed by atoms with van der Waals surface area (Å²) in [6.07, 6.45) is 0.828. The van der Waals surface area contributed by atoms with Gasteiger partial charge in [0.15, 0.2) is 0 Å². The van der Waals surface area contributed by atoms with Crippen LogP contribution in [0, 0.1) is 6.92 Å². The molecule has 71 valence electrons. The zero-order valence-electron chi connectivity index (χ0n) is 8.12. The molecule has 2 nitrogen and oxygen atoms in total. The Bertz CT molecular complexity index is 237. The van der Waals surface area contributed by atoms with Crippen LogP contribution in [0.25, 0.3) is 0 Å². The molecule has 1 radical (unpaired) electrons. The fraction of sp³-hybridized carbons (Fsp3) is 0.364. The third-order valence-corrected chi connectivity index (χ3v) is 2.03. The molecule has 0 spiro atoms. The zero-order valence-corrected chi connectivity index (χ0v) is 8.12. The van der Waals surface area contributed by atoms with Crippen LogP contribution in [-0.2, 0) is 4.74 Å². The molecule has 0 saturated carbocycles. The van der Waals surface area contributed by atoms with Gasteiger partial charge in [0.25, 0.3) is 0 Å². The maximum atomic E-state index is 5.26. The molecule has 1 aromatic carbocycles. The second kappa shape index (κ2) is 4.87. The summed E-state index contributed by atoms with van der Waals surface area (Å²) in [5.74, 6) is 0.864. The van der Waals surface area contributed by atoms with Gasteiger partial charge in [-0.15, -0.1) is 0 Å². The second-order valence-electron chi connectivity index (χ2n) is 2.79. The van der Waals surface area contributed by atoms with E-state index in [0.717, 1.165) is 17.7 Å². The smallest absolute Gasteiger partial charge is 0.118 e. The van der Waals surface area contributed by atoms with Crippen molar-refractivity contribution in [2.45, 2.75) is 12.5 Å². The van der Waals surface area contributed by atoms with Crippen LogP contribution in [0.2, 0.25) is 0 Å². The molecule has 0 aliphatic carbocycles. The highest BCUT2D eigenvalue weighted by molar-refractivity contribution is 5.28. The van der Waals surface area contributed by atoms with E-state index < -0.39 is 0 Å². The predicted octanol–water partition coefficient (Wildman–Crippen LogP) is 2.61. The van der Waals surface area contributed by atoms with Gasteiger partial charge in [-0.2, -0.15) is 0 Å². The molecule has 0 aromatic heterocycles. The van der Waals surface area contributed by atoms with Crippen molar-refractivity contribution in [3.63, 3.8) is 0 Å². The lowest BCUT2D eigenvalue weighted by Gasteiger charge is -2.13. The van der Waals surface area contributed by atoms with E-state index in [9.17, 15) is 0 Å². The quantitative estimate of drug-likeness (QED) is 0.707. The summed E-state index contributed by atoms with van der Waals surface area (Å²) in [6, 6.07) is 7.85. The van der Waals surface area contributed by atoms with E-state index in [2.05, 4.69) is 6.92 Å². The Balaban J connectivity index is 2.78. The fourth-order valence-corrected chi connectivity index (χ4v) is 1.24. The van der Waals surface area contributed by atoms with Crippen molar-refractivity contribution in [2.75, 3.05) is 14.2 Å². The molecule has 0 fully saturated rings. The number of hydrogen-bond acceptors (Lipinski definition) is 2. The minimum atomic E-state index is 0.0888. The Morgan fingerprint density at radius 2 is 1.85 bits per heavy atom. The van der Waals surface area contributed by atoms with Gasteiger partial charge in [-0.05, 0) is 24.1 Å². The van der Waals surface area contributed by atoms with Crippen LogP contribution in [0.3, 0.4) is 0 Å². The first-order chi connectivity index (χ1) is 6.31. The van der Waals surface area contributed by atoms with E-state index in [-0.39, 0.29) is 6.10 Å². The van der Waals surface area contributed by atoms with E-state index in [0.29, 0.717) is 0 Å². The van der Waals surface area contributed by atoms with Crippen LogP contribution in [-0.4, -0.2) is 14.2 Å². The molecule has 0 bridgehead atoms. The first-order valence-electron chi connectivity index (χ1n) is 4.27. The van der Waals surface area contributed by atoms with Crippen molar-refractivity contribution in [3.05, 3.63) is 36.8 Å². The van der Waals surface area contributed by atoms with Crippen LogP contribution in [0.5, 0.6) is 5.75 Å². The summed E-state index contributed by atoms with van der Waals surface area (Å²) in [6.45, 7) is 3.82. The summed E-state index contributed by atoms with van der Waals surface area (Å²) in [7, 11) is 3.35. The summed E-state index contributed by atoms with van der Waals surface area (Å²) in [4.78, 5) is 0. The Hall–Kier alpha value is -1.02. The highest BCUT2D eigenvalue weighted by atomic mass is 16.5. The Morgan fingerprint density at radius 1 is 1.23 bits per heavy atom. The van der Waals surface area contributed by atoms with Crippen LogP contribution >= 0.6 is 0 Å². The Morgan fingerprint density at radius 3 is 2.23 bits per heavy atom. The highest BCUT2D eigenvalue weighted by Crippen LogP contribution is 2.22. The normalized spacial score (nSPS) is 12.5. The predicted molar refractivity (Wildman–Crippen MR) is 52.7 cm³/mol. The van der Waals surface area contributed by atoms with Gasteiger partial charge in [0.2, 0.25) is 0 Å². The lowest BCUT2D eigenvalue weighted by molar-refractivity contribution is 0.105. The summed E-state index contributed by atoms with van der Waals surface area (Å²) in [5, 5.41) is 0. The number of hydrogen-bond donors (Lipinski definition) is 0. The molecule has 0 N–H and O–H groups in total. The van der Waals surface area contributed by atoms with Crippen LogP contribution in [0.4, 0.5) is 0 Å². The van der Waals surface area contributed by atoms with Gasteiger partial charge in [0.05, 0.1) is 13.2 Å². The molecule has 1 unspecified atom stereocenters. The van der Waals surface area contributed by atoms with E-state index in [1.165, 1.54) is 0 Å². The largest absolute Gasteiger partial charge is 0.497 e. The Kier molecular flexibility index (Phi) is 3.77. The van der Waals surface area contributed by atoms with Crippen molar-refractivity contribution in [3.8, 4) is 5.75 Å². The van der Waals surface area contributed by atoms with Gasteiger partial charge in [-0.1, -0.05) is 19.1 Å². The summed E-state index contributed by atoms with van der Waals surface area (Å²) in [5.41, 5.74) is 1.14. The third-order valence-electron chi connectivity index (χ3n) is 2.03. The zero-order chi connectivity index (χ0) is 9.68. The molecule has 0 amide bonds. The molecule has 0 aliphatic rings. The maximum absolute atomic E-state index is 5.26. The van der Waals surface area contributed by atoms with Gasteiger partial charge in [0, 0.05) is 7.11 Å². The van der Waals surface area contributed by atoms with Crippen molar-refractivity contribution in [2.24, 2.45) is 0 Å². The van der Waals surface area contributed by atoms with E-state index in [1.54, 1.807) is 14.2 Å². The van der Waals surface area contributed by atoms with Crippen molar-refractivity contribution < 1.29 is 9.47 Å². The molecule has 0 heterocycles. The lowest BCUT2D eigenvalue weighted by Crippen LogP contribution is -1.99. The third kappa shape index (κ3) is 2.46. The molecule has 0 aliphatic heterocycles. The first-order valence-corrected chi connectivity index (χ1v) is 4.27. The summed E-state index contributed by atoms with van der Waals surface area (Å²) < 4.78 is 10.3. The SMILES string of the molecule is [CH2]CC(OC)c1ccc(OC)cc1. The lowest BCUT2D eigenvalue weighted by atomic mass is 10.1. The van der Waals surface area contributed by atoms with E-state index in [1.807, 2.05) is 24.3 Å². The van der Waals surface area contributed by atoms with Gasteiger partial charge in [-0.25, -0.2) is 0 Å². The van der Waals surface area contributed by atoms with Crippen LogP contribution < -0.4 is 4.74 Å². The van der Waals surface area contributed by atoms with Gasteiger partial charge in [0.1, 0.15) is 5.75 Å². The monoisotopic (exact) mass is 179 g/mol. The molecule has 1 atom stereocenters. The highest BCUT2D eigenvalue weighted by Gasteiger charge is 2.06. The number of benzene rings is 1. The first kappa shape index (κ1) is 10.1. The minimum absolute atomic E-state index is 0.0888. The van der Waals surface area contributed by atoms with Gasteiger partial charge in [-0.3, -0.25) is 0 Å². The molecule has 0 saturated heterocycles. The molecule has 2 heteroatoms. The van der Waals surface area contributed by atoms with Crippen molar-refractivity contribution in [1.82, 2.24) is 0 Å². The van der Waals surface area contributed by atoms with Crippen LogP contribution in [0.15, 0.2) is 24.3 Å². The van der Waals surface area contributed by atoms with Crippen molar-refractivity contribution >= 4 is 0 Å². The average Bonchev–Trinajstić information content (AvgIpc) is 2.21. The van der Waals surface area contributed by atoms with E-state index >= 15 is 0 Å². The molecular weight excluding hydrogens is 164 g/mol. The molecule has 13 heavy (non-hydrogen) atoms. The number of ether oxygens (including phenoxy) is 2. The van der Waals surface area contributed by atoms with Gasteiger partial charge < -0.3 is 9.47 Å². The standard InChI is InChI=1S/C11H15O2/c1-4-11(13-3)9-5-7-10(12-2)8-6-9/h5-8,11H,1,4H2,2-3H3. The number of methoxy groups -OCH3 is 2. The fourth-order valence-electron chi connectivity index (χ4n) is 1.24. The second-order valence-corrected chi connectivity index (χ2v) is 2.79. The maximum Gasteiger partial charge on any atom is 0.118 e. The Labute approximate surface area is 79.5 Å². The molecule has 1 rings (SSSR count). The van der Waals surface area contributed by atoms with Crippen LogP contribution in [0.1, 0.15) is 18.1 Å². The minimum Gasteiger partial charge on any atom is -0.497 e. The molecule has 1 aromatic rings. The van der Waals surface area contributed by atoms with Gasteiger partial charge >= 0.3 is 0 Å². The van der Waals surface area contributed by atoms with E-state index in [4.69, 9.17) is 9.47 Å². The summed E-state index contributed by atoms with van der Waals surface area (Å²) >= 11 is 0. The number of rotatable bonds is 4. The topological polar surface area (TPSA) is 18.5 Å². The molecular formula is C11H15O2.